The predicted molar refractivity (Wildman–Crippen MR) is 147 cm³/mol. The van der Waals surface area contributed by atoms with Gasteiger partial charge in [0.1, 0.15) is 23.1 Å². The number of aromatic nitrogens is 5. The van der Waals surface area contributed by atoms with E-state index < -0.39 is 0 Å². The summed E-state index contributed by atoms with van der Waals surface area (Å²) in [7, 11) is 0. The third kappa shape index (κ3) is 4.67. The number of imidazole rings is 1. The van der Waals surface area contributed by atoms with Crippen molar-refractivity contribution in [1.82, 2.24) is 34.3 Å². The van der Waals surface area contributed by atoms with Crippen LogP contribution in [0.25, 0.3) is 28.2 Å². The number of nitriles is 1. The first kappa shape index (κ1) is 24.2. The van der Waals surface area contributed by atoms with E-state index >= 15 is 0 Å². The highest BCUT2D eigenvalue weighted by Gasteiger charge is 2.25. The molecule has 1 aliphatic heterocycles. The van der Waals surface area contributed by atoms with Gasteiger partial charge in [0.25, 0.3) is 5.91 Å². The molecule has 0 atom stereocenters. The van der Waals surface area contributed by atoms with Gasteiger partial charge in [0.05, 0.1) is 11.1 Å². The maximum Gasteiger partial charge on any atom is 0.273 e. The van der Waals surface area contributed by atoms with Crippen LogP contribution in [0.4, 0.5) is 5.82 Å². The Morgan fingerprint density at radius 2 is 1.62 bits per heavy atom. The maximum atomic E-state index is 12.9. The predicted octanol–water partition coefficient (Wildman–Crippen LogP) is 3.29. The number of fused-ring (bicyclic) bond motifs is 1. The average molecular weight is 516 g/mol. The molecule has 1 amide bonds. The zero-order valence-electron chi connectivity index (χ0n) is 21.1. The van der Waals surface area contributed by atoms with Crippen molar-refractivity contribution in [2.45, 2.75) is 6.54 Å². The highest BCUT2D eigenvalue weighted by Crippen LogP contribution is 2.30. The van der Waals surface area contributed by atoms with E-state index in [1.54, 1.807) is 35.6 Å². The fraction of sp³-hybridized carbons (Fsp3) is 0.172. The van der Waals surface area contributed by atoms with Crippen LogP contribution in [0.5, 0.6) is 0 Å². The second kappa shape index (κ2) is 10.3. The number of amides is 1. The van der Waals surface area contributed by atoms with E-state index in [1.807, 2.05) is 28.8 Å². The molecule has 0 bridgehead atoms. The van der Waals surface area contributed by atoms with Crippen molar-refractivity contribution in [2.75, 3.05) is 31.9 Å². The number of nitrogens with two attached hydrogens (primary N) is 1. The van der Waals surface area contributed by atoms with Crippen LogP contribution < -0.4 is 5.73 Å². The molecule has 1 aromatic carbocycles. The van der Waals surface area contributed by atoms with Crippen LogP contribution >= 0.6 is 0 Å². The zero-order chi connectivity index (χ0) is 26.8. The first-order valence-corrected chi connectivity index (χ1v) is 12.6. The van der Waals surface area contributed by atoms with Crippen molar-refractivity contribution in [3.63, 3.8) is 0 Å². The number of benzene rings is 1. The van der Waals surface area contributed by atoms with Gasteiger partial charge >= 0.3 is 0 Å². The molecule has 6 rings (SSSR count). The molecule has 5 heterocycles. The van der Waals surface area contributed by atoms with Gasteiger partial charge in [-0.2, -0.15) is 5.26 Å². The van der Waals surface area contributed by atoms with Crippen molar-refractivity contribution in [3.05, 3.63) is 96.1 Å². The number of rotatable bonds is 5. The lowest BCUT2D eigenvalue weighted by atomic mass is 10.1. The van der Waals surface area contributed by atoms with E-state index in [1.165, 1.54) is 0 Å². The lowest BCUT2D eigenvalue weighted by Gasteiger charge is -2.34. The van der Waals surface area contributed by atoms with Gasteiger partial charge in [-0.15, -0.1) is 0 Å². The van der Waals surface area contributed by atoms with E-state index in [4.69, 9.17) is 10.7 Å². The lowest BCUT2D eigenvalue weighted by Crippen LogP contribution is -2.48. The summed E-state index contributed by atoms with van der Waals surface area (Å²) in [6.45, 7) is 3.41. The summed E-state index contributed by atoms with van der Waals surface area (Å²) in [4.78, 5) is 34.8. The monoisotopic (exact) mass is 515 g/mol. The van der Waals surface area contributed by atoms with Gasteiger partial charge in [0, 0.05) is 57.0 Å². The van der Waals surface area contributed by atoms with Crippen LogP contribution in [0, 0.1) is 11.3 Å². The van der Waals surface area contributed by atoms with Gasteiger partial charge in [0.2, 0.25) is 0 Å². The largest absolute Gasteiger partial charge is 0.383 e. The van der Waals surface area contributed by atoms with Crippen LogP contribution in [0.2, 0.25) is 0 Å². The molecule has 1 fully saturated rings. The van der Waals surface area contributed by atoms with Crippen LogP contribution in [-0.4, -0.2) is 66.4 Å². The Morgan fingerprint density at radius 3 is 2.38 bits per heavy atom. The quantitative estimate of drug-likeness (QED) is 0.377. The summed E-state index contributed by atoms with van der Waals surface area (Å²) in [5.74, 6) is 0.910. The normalized spacial score (nSPS) is 13.9. The summed E-state index contributed by atoms with van der Waals surface area (Å²) in [5, 5.41) is 9.30. The van der Waals surface area contributed by atoms with E-state index in [9.17, 15) is 10.1 Å². The standard InChI is InChI=1S/C29H25N9O/c30-18-21-4-1-11-32-25(21)29(39)37-16-14-36(15-17-37)19-20-7-9-22(10-8-20)38-27(23-5-2-12-33-26(23)31)35-24-6-3-13-34-28(24)38/h1-13H,14-17,19H2,(H2,31,33). The average Bonchev–Trinajstić information content (AvgIpc) is 3.37. The van der Waals surface area contributed by atoms with E-state index in [2.05, 4.69) is 50.2 Å². The number of carbonyl (C=O) groups excluding carboxylic acids is 1. The molecule has 0 unspecified atom stereocenters. The van der Waals surface area contributed by atoms with Crippen LogP contribution in [0.1, 0.15) is 21.6 Å². The second-order valence-corrected chi connectivity index (χ2v) is 9.30. The minimum absolute atomic E-state index is 0.192. The smallest absolute Gasteiger partial charge is 0.273 e. The molecule has 2 N–H and O–H groups in total. The van der Waals surface area contributed by atoms with E-state index in [0.29, 0.717) is 30.3 Å². The van der Waals surface area contributed by atoms with Crippen molar-refractivity contribution in [2.24, 2.45) is 0 Å². The van der Waals surface area contributed by atoms with Crippen molar-refractivity contribution in [1.29, 1.82) is 5.26 Å². The van der Waals surface area contributed by atoms with Crippen LogP contribution in [0.15, 0.2) is 79.3 Å². The zero-order valence-corrected chi connectivity index (χ0v) is 21.1. The topological polar surface area (TPSA) is 130 Å². The van der Waals surface area contributed by atoms with Crippen molar-refractivity contribution in [3.8, 4) is 23.1 Å². The highest BCUT2D eigenvalue weighted by molar-refractivity contribution is 5.94. The summed E-state index contributed by atoms with van der Waals surface area (Å²) < 4.78 is 2.00. The van der Waals surface area contributed by atoms with Gasteiger partial charge in [0.15, 0.2) is 11.5 Å². The fourth-order valence-corrected chi connectivity index (χ4v) is 4.88. The molecule has 0 radical (unpaired) electrons. The minimum Gasteiger partial charge on any atom is -0.383 e. The number of hydrogen-bond donors (Lipinski definition) is 1. The first-order valence-electron chi connectivity index (χ1n) is 12.6. The number of anilines is 1. The molecule has 4 aromatic heterocycles. The van der Waals surface area contributed by atoms with E-state index in [0.717, 1.165) is 47.6 Å². The number of carbonyl (C=O) groups is 1. The van der Waals surface area contributed by atoms with Crippen molar-refractivity contribution < 1.29 is 4.79 Å². The second-order valence-electron chi connectivity index (χ2n) is 9.30. The van der Waals surface area contributed by atoms with Crippen LogP contribution in [-0.2, 0) is 6.54 Å². The van der Waals surface area contributed by atoms with E-state index in [-0.39, 0.29) is 11.6 Å². The molecule has 1 aliphatic rings. The molecular weight excluding hydrogens is 490 g/mol. The highest BCUT2D eigenvalue weighted by atomic mass is 16.2. The van der Waals surface area contributed by atoms with Gasteiger partial charge in [-0.1, -0.05) is 12.1 Å². The summed E-state index contributed by atoms with van der Waals surface area (Å²) in [6.07, 6.45) is 4.96. The van der Waals surface area contributed by atoms with Gasteiger partial charge in [-0.25, -0.2) is 19.9 Å². The molecule has 10 nitrogen and oxygen atoms in total. The molecule has 0 saturated carbocycles. The Labute approximate surface area is 225 Å². The lowest BCUT2D eigenvalue weighted by molar-refractivity contribution is 0.0622. The molecular formula is C29H25N9O. The minimum atomic E-state index is -0.192. The summed E-state index contributed by atoms with van der Waals surface area (Å²) in [6, 6.07) is 21.2. The Kier molecular flexibility index (Phi) is 6.40. The van der Waals surface area contributed by atoms with Gasteiger partial charge in [-0.05, 0) is 54.1 Å². The fourth-order valence-electron chi connectivity index (χ4n) is 4.88. The third-order valence-electron chi connectivity index (χ3n) is 6.89. The summed E-state index contributed by atoms with van der Waals surface area (Å²) >= 11 is 0. The number of nitrogens with zero attached hydrogens (tertiary/aromatic N) is 8. The summed E-state index contributed by atoms with van der Waals surface area (Å²) in [5.41, 5.74) is 11.1. The first-order chi connectivity index (χ1) is 19.1. The number of nitrogen functional groups attached to an aromatic ring is 1. The molecule has 0 spiro atoms. The third-order valence-corrected chi connectivity index (χ3v) is 6.89. The molecule has 1 saturated heterocycles. The molecule has 0 aliphatic carbocycles. The molecule has 10 heteroatoms. The molecule has 5 aromatic rings. The number of piperazine rings is 1. The Morgan fingerprint density at radius 1 is 0.897 bits per heavy atom. The van der Waals surface area contributed by atoms with Gasteiger partial charge < -0.3 is 10.6 Å². The molecule has 192 valence electrons. The number of pyridine rings is 3. The van der Waals surface area contributed by atoms with Crippen LogP contribution in [0.3, 0.4) is 0 Å². The molecule has 39 heavy (non-hydrogen) atoms. The SMILES string of the molecule is N#Cc1cccnc1C(=O)N1CCN(Cc2ccc(-n3c(-c4cccnc4N)nc4cccnc43)cc2)CC1. The van der Waals surface area contributed by atoms with Crippen molar-refractivity contribution >= 4 is 22.9 Å². The Hall–Kier alpha value is -5.14. The Balaban J connectivity index is 1.18. The van der Waals surface area contributed by atoms with Gasteiger partial charge in [-0.3, -0.25) is 14.3 Å². The number of hydrogen-bond acceptors (Lipinski definition) is 8. The maximum absolute atomic E-state index is 12.9. The Bertz CT molecular complexity index is 1700.